The Hall–Kier alpha value is -5.03. The molecule has 4 aromatic rings. The van der Waals surface area contributed by atoms with Crippen molar-refractivity contribution in [1.82, 2.24) is 10.9 Å². The number of amides is 2. The van der Waals surface area contributed by atoms with Gasteiger partial charge in [-0.05, 0) is 53.6 Å². The second kappa shape index (κ2) is 10.7. The van der Waals surface area contributed by atoms with Crippen molar-refractivity contribution >= 4 is 28.9 Å². The molecule has 8 nitrogen and oxygen atoms in total. The molecule has 0 bridgehead atoms. The van der Waals surface area contributed by atoms with Gasteiger partial charge in [-0.25, -0.2) is 0 Å². The van der Waals surface area contributed by atoms with Crippen molar-refractivity contribution in [2.45, 2.75) is 0 Å². The van der Waals surface area contributed by atoms with Gasteiger partial charge in [0.15, 0.2) is 17.9 Å². The third kappa shape index (κ3) is 5.86. The van der Waals surface area contributed by atoms with Crippen LogP contribution in [0.5, 0.6) is 11.5 Å². The van der Waals surface area contributed by atoms with Gasteiger partial charge in [0.2, 0.25) is 0 Å². The average Bonchev–Trinajstić information content (AvgIpc) is 3.33. The van der Waals surface area contributed by atoms with Crippen molar-refractivity contribution in [2.75, 3.05) is 13.7 Å². The van der Waals surface area contributed by atoms with Crippen LogP contribution in [0, 0.1) is 11.3 Å². The average molecular weight is 467 g/mol. The molecule has 3 aromatic carbocycles. The van der Waals surface area contributed by atoms with Crippen LogP contribution in [0.2, 0.25) is 0 Å². The van der Waals surface area contributed by atoms with Crippen molar-refractivity contribution in [3.8, 4) is 28.7 Å². The summed E-state index contributed by atoms with van der Waals surface area (Å²) < 4.78 is 16.4. The molecule has 8 heteroatoms. The molecule has 0 radical (unpaired) electrons. The maximum atomic E-state index is 12.0. The third-order valence-corrected chi connectivity index (χ3v) is 5.04. The lowest BCUT2D eigenvalue weighted by Crippen LogP contribution is -2.43. The lowest BCUT2D eigenvalue weighted by Gasteiger charge is -2.08. The summed E-state index contributed by atoms with van der Waals surface area (Å²) in [4.78, 5) is 24.0. The Morgan fingerprint density at radius 2 is 1.71 bits per heavy atom. The molecule has 0 aliphatic rings. The van der Waals surface area contributed by atoms with Gasteiger partial charge in [-0.2, -0.15) is 5.26 Å². The van der Waals surface area contributed by atoms with E-state index in [-0.39, 0.29) is 6.61 Å². The van der Waals surface area contributed by atoms with E-state index in [4.69, 9.17) is 19.2 Å². The number of hydrogen-bond acceptors (Lipinski definition) is 6. The Balaban J connectivity index is 1.24. The lowest BCUT2D eigenvalue weighted by atomic mass is 10.0. The maximum absolute atomic E-state index is 12.0. The fourth-order valence-electron chi connectivity index (χ4n) is 3.30. The first-order valence-electron chi connectivity index (χ1n) is 10.6. The zero-order valence-electron chi connectivity index (χ0n) is 18.8. The molecule has 0 saturated carbocycles. The Labute approximate surface area is 201 Å². The molecule has 0 fully saturated rings. The van der Waals surface area contributed by atoms with Gasteiger partial charge in [0.1, 0.15) is 11.5 Å². The fraction of sp³-hybridized carbons (Fsp3) is 0.0741. The summed E-state index contributed by atoms with van der Waals surface area (Å²) in [5.41, 5.74) is 7.68. The van der Waals surface area contributed by atoms with E-state index < -0.39 is 11.8 Å². The number of ether oxygens (including phenoxy) is 2. The summed E-state index contributed by atoms with van der Waals surface area (Å²) in [6, 6.07) is 23.8. The zero-order chi connectivity index (χ0) is 24.6. The number of hydrazine groups is 1. The van der Waals surface area contributed by atoms with Gasteiger partial charge in [0.25, 0.3) is 11.8 Å². The number of carbonyl (C=O) groups excluding carboxylic acids is 2. The van der Waals surface area contributed by atoms with Gasteiger partial charge < -0.3 is 13.9 Å². The van der Waals surface area contributed by atoms with E-state index in [2.05, 4.69) is 16.9 Å². The molecule has 4 rings (SSSR count). The van der Waals surface area contributed by atoms with Gasteiger partial charge in [-0.3, -0.25) is 20.4 Å². The quantitative estimate of drug-likeness (QED) is 0.311. The van der Waals surface area contributed by atoms with Crippen molar-refractivity contribution in [3.05, 3.63) is 90.2 Å². The Kier molecular flexibility index (Phi) is 7.09. The van der Waals surface area contributed by atoms with Crippen molar-refractivity contribution in [3.63, 3.8) is 0 Å². The van der Waals surface area contributed by atoms with Crippen molar-refractivity contribution in [2.24, 2.45) is 0 Å². The number of hydrogen-bond donors (Lipinski definition) is 2. The van der Waals surface area contributed by atoms with Crippen molar-refractivity contribution in [1.29, 1.82) is 5.26 Å². The van der Waals surface area contributed by atoms with Gasteiger partial charge >= 0.3 is 0 Å². The smallest absolute Gasteiger partial charge is 0.276 e. The molecule has 0 aliphatic heterocycles. The molecular weight excluding hydrogens is 446 g/mol. The zero-order valence-corrected chi connectivity index (χ0v) is 18.8. The SMILES string of the molecule is COc1cccc2cc(/C=C/C(=O)NNC(=O)COc3ccc(-c4ccc(C#N)cc4)cc3)oc12. The number of methoxy groups -OCH3 is 1. The van der Waals surface area contributed by atoms with Gasteiger partial charge in [0, 0.05) is 11.5 Å². The molecule has 0 aliphatic carbocycles. The second-order valence-corrected chi connectivity index (χ2v) is 7.40. The van der Waals surface area contributed by atoms with E-state index in [1.807, 2.05) is 36.4 Å². The predicted molar refractivity (Wildman–Crippen MR) is 130 cm³/mol. The van der Waals surface area contributed by atoms with E-state index in [0.717, 1.165) is 16.5 Å². The number of furan rings is 1. The molecule has 0 atom stereocenters. The number of nitrogens with one attached hydrogen (secondary N) is 2. The molecule has 2 amide bonds. The summed E-state index contributed by atoms with van der Waals surface area (Å²) in [5.74, 6) is 0.527. The largest absolute Gasteiger partial charge is 0.493 e. The van der Waals surface area contributed by atoms with Crippen LogP contribution in [0.4, 0.5) is 0 Å². The van der Waals surface area contributed by atoms with E-state index in [9.17, 15) is 9.59 Å². The molecular formula is C27H21N3O5. The van der Waals surface area contributed by atoms with Crippen molar-refractivity contribution < 1.29 is 23.5 Å². The van der Waals surface area contributed by atoms with E-state index in [1.54, 1.807) is 43.5 Å². The Morgan fingerprint density at radius 3 is 2.40 bits per heavy atom. The number of fused-ring (bicyclic) bond motifs is 1. The van der Waals surface area contributed by atoms with E-state index >= 15 is 0 Å². The van der Waals surface area contributed by atoms with Gasteiger partial charge in [-0.15, -0.1) is 0 Å². The number of para-hydroxylation sites is 1. The summed E-state index contributed by atoms with van der Waals surface area (Å²) in [6.45, 7) is -0.274. The fourth-order valence-corrected chi connectivity index (χ4v) is 3.30. The van der Waals surface area contributed by atoms with Gasteiger partial charge in [-0.1, -0.05) is 36.4 Å². The number of nitriles is 1. The minimum atomic E-state index is -0.530. The second-order valence-electron chi connectivity index (χ2n) is 7.40. The molecule has 0 saturated heterocycles. The number of nitrogens with zero attached hydrogens (tertiary/aromatic N) is 1. The van der Waals surface area contributed by atoms with Crippen LogP contribution in [0.3, 0.4) is 0 Å². The molecule has 2 N–H and O–H groups in total. The van der Waals surface area contributed by atoms with Gasteiger partial charge in [0.05, 0.1) is 18.7 Å². The van der Waals surface area contributed by atoms with E-state index in [0.29, 0.717) is 28.4 Å². The summed E-state index contributed by atoms with van der Waals surface area (Å²) >= 11 is 0. The number of benzene rings is 3. The summed E-state index contributed by atoms with van der Waals surface area (Å²) in [7, 11) is 1.55. The summed E-state index contributed by atoms with van der Waals surface area (Å²) in [6.07, 6.45) is 2.74. The highest BCUT2D eigenvalue weighted by Gasteiger charge is 2.08. The summed E-state index contributed by atoms with van der Waals surface area (Å²) in [5, 5.41) is 9.74. The first-order chi connectivity index (χ1) is 17.1. The number of carbonyl (C=O) groups is 2. The van der Waals surface area contributed by atoms with Crippen LogP contribution in [-0.2, 0) is 9.59 Å². The normalized spacial score (nSPS) is 10.6. The highest BCUT2D eigenvalue weighted by Crippen LogP contribution is 2.29. The van der Waals surface area contributed by atoms with Crippen LogP contribution < -0.4 is 20.3 Å². The molecule has 1 heterocycles. The molecule has 1 aromatic heterocycles. The molecule has 0 unspecified atom stereocenters. The van der Waals surface area contributed by atoms with Crippen LogP contribution in [0.25, 0.3) is 28.2 Å². The molecule has 0 spiro atoms. The number of rotatable bonds is 7. The monoisotopic (exact) mass is 467 g/mol. The highest BCUT2D eigenvalue weighted by molar-refractivity contribution is 5.94. The van der Waals surface area contributed by atoms with Crippen LogP contribution in [0.1, 0.15) is 11.3 Å². The third-order valence-electron chi connectivity index (χ3n) is 5.04. The molecule has 35 heavy (non-hydrogen) atoms. The standard InChI is InChI=1S/C27H21N3O5/c1-33-24-4-2-3-21-15-23(35-27(21)24)13-14-25(31)29-30-26(32)17-34-22-11-9-20(10-12-22)19-7-5-18(16-28)6-8-19/h2-15H,17H2,1H3,(H,29,31)(H,30,32)/b14-13+. The van der Waals surface area contributed by atoms with Crippen LogP contribution in [-0.4, -0.2) is 25.5 Å². The Bertz CT molecular complexity index is 1410. The first-order valence-corrected chi connectivity index (χ1v) is 10.6. The minimum Gasteiger partial charge on any atom is -0.493 e. The minimum absolute atomic E-state index is 0.274. The highest BCUT2D eigenvalue weighted by atomic mass is 16.5. The lowest BCUT2D eigenvalue weighted by molar-refractivity contribution is -0.128. The first kappa shape index (κ1) is 23.1. The predicted octanol–water partition coefficient (Wildman–Crippen LogP) is 4.22. The maximum Gasteiger partial charge on any atom is 0.276 e. The van der Waals surface area contributed by atoms with Crippen LogP contribution in [0.15, 0.2) is 83.3 Å². The Morgan fingerprint density at radius 1 is 1.00 bits per heavy atom. The topological polar surface area (TPSA) is 114 Å². The van der Waals surface area contributed by atoms with Crippen LogP contribution >= 0.6 is 0 Å². The van der Waals surface area contributed by atoms with E-state index in [1.165, 1.54) is 12.2 Å². The molecule has 174 valence electrons.